The number of allylic oxidation sites excluding steroid dienone is 1. The van der Waals surface area contributed by atoms with Crippen LogP contribution >= 0.6 is 0 Å². The first-order valence-electron chi connectivity index (χ1n) is 3.05. The Kier molecular flexibility index (Phi) is 3.67. The van der Waals surface area contributed by atoms with E-state index in [-0.39, 0.29) is 12.4 Å². The summed E-state index contributed by atoms with van der Waals surface area (Å²) in [6, 6.07) is 0. The number of carbonyl (C=O) groups is 1. The third-order valence-electron chi connectivity index (χ3n) is 0.911. The maximum absolute atomic E-state index is 10.7. The lowest BCUT2D eigenvalue weighted by molar-refractivity contribution is -0.138. The second kappa shape index (κ2) is 4.28. The molecule has 0 radical (unpaired) electrons. The highest BCUT2D eigenvalue weighted by Crippen LogP contribution is 2.04. The molecule has 0 atom stereocenters. The maximum Gasteiger partial charge on any atom is 0.504 e. The molecule has 0 heterocycles. The van der Waals surface area contributed by atoms with Gasteiger partial charge in [0.25, 0.3) is 0 Å². The fourth-order valence-electron chi connectivity index (χ4n) is 0.460. The molecule has 5 heteroatoms. The van der Waals surface area contributed by atoms with E-state index in [1.807, 2.05) is 0 Å². The molecular formula is C6H9N2O3+. The van der Waals surface area contributed by atoms with Crippen molar-refractivity contribution in [1.29, 1.82) is 5.39 Å². The molecule has 0 unspecified atom stereocenters. The van der Waals surface area contributed by atoms with Crippen LogP contribution in [0.1, 0.15) is 13.8 Å². The van der Waals surface area contributed by atoms with Crippen LogP contribution in [0.3, 0.4) is 0 Å². The Bertz CT molecular complexity index is 222. The maximum atomic E-state index is 10.7. The third kappa shape index (κ3) is 2.67. The van der Waals surface area contributed by atoms with E-state index >= 15 is 0 Å². The van der Waals surface area contributed by atoms with Crippen LogP contribution in [0.25, 0.3) is 4.98 Å². The Morgan fingerprint density at radius 3 is 2.55 bits per heavy atom. The van der Waals surface area contributed by atoms with E-state index < -0.39 is 11.7 Å². The summed E-state index contributed by atoms with van der Waals surface area (Å²) < 4.78 is 4.45. The molecule has 1 N–H and O–H groups in total. The van der Waals surface area contributed by atoms with Crippen LogP contribution in [-0.2, 0) is 9.53 Å². The Morgan fingerprint density at radius 1 is 1.73 bits per heavy atom. The van der Waals surface area contributed by atoms with Gasteiger partial charge in [-0.25, -0.2) is 4.79 Å². The van der Waals surface area contributed by atoms with Crippen molar-refractivity contribution in [2.45, 2.75) is 13.8 Å². The largest absolute Gasteiger partial charge is 0.505 e. The second-order valence-electron chi connectivity index (χ2n) is 1.75. The zero-order chi connectivity index (χ0) is 8.85. The zero-order valence-corrected chi connectivity index (χ0v) is 6.37. The van der Waals surface area contributed by atoms with Crippen molar-refractivity contribution < 1.29 is 14.6 Å². The third-order valence-corrected chi connectivity index (χ3v) is 0.911. The van der Waals surface area contributed by atoms with Crippen molar-refractivity contribution in [1.82, 2.24) is 0 Å². The highest BCUT2D eigenvalue weighted by molar-refractivity contribution is 5.90. The van der Waals surface area contributed by atoms with Gasteiger partial charge < -0.3 is 9.84 Å². The van der Waals surface area contributed by atoms with Gasteiger partial charge in [-0.15, -0.1) is 0 Å². The van der Waals surface area contributed by atoms with Gasteiger partial charge in [0.2, 0.25) is 5.39 Å². The summed E-state index contributed by atoms with van der Waals surface area (Å²) in [5.41, 5.74) is -0.466. The average molecular weight is 157 g/mol. The molecule has 0 fully saturated rings. The number of nitrogens with zero attached hydrogens (tertiary/aromatic N) is 2. The van der Waals surface area contributed by atoms with Crippen molar-refractivity contribution in [2.24, 2.45) is 0 Å². The lowest BCUT2D eigenvalue weighted by atomic mass is 10.4. The molecule has 0 aliphatic rings. The number of rotatable bonds is 2. The number of hydrogen-bond donors (Lipinski definition) is 1. The second-order valence-corrected chi connectivity index (χ2v) is 1.75. The Labute approximate surface area is 63.9 Å². The number of diazo groups is 1. The molecule has 11 heavy (non-hydrogen) atoms. The first kappa shape index (κ1) is 9.43. The molecule has 0 aromatic heterocycles. The summed E-state index contributed by atoms with van der Waals surface area (Å²) >= 11 is 0. The average Bonchev–Trinajstić information content (AvgIpc) is 1.88. The summed E-state index contributed by atoms with van der Waals surface area (Å²) in [5, 5.41) is 16.9. The molecule has 0 rings (SSSR count). The fraction of sp³-hybridized carbons (Fsp3) is 0.500. The first-order chi connectivity index (χ1) is 5.13. The molecule has 0 saturated heterocycles. The highest BCUT2D eigenvalue weighted by Gasteiger charge is 2.27. The van der Waals surface area contributed by atoms with Gasteiger partial charge in [-0.1, -0.05) is 0 Å². The van der Waals surface area contributed by atoms with Gasteiger partial charge in [0.15, 0.2) is 10.7 Å². The van der Waals surface area contributed by atoms with Gasteiger partial charge in [0.05, 0.1) is 6.61 Å². The van der Waals surface area contributed by atoms with Gasteiger partial charge in [-0.05, 0) is 6.92 Å². The lowest BCUT2D eigenvalue weighted by Gasteiger charge is -1.91. The topological polar surface area (TPSA) is 74.7 Å². The molecule has 60 valence electrons. The summed E-state index contributed by atoms with van der Waals surface area (Å²) in [4.78, 5) is 13.3. The minimum Gasteiger partial charge on any atom is -0.505 e. The predicted molar refractivity (Wildman–Crippen MR) is 37.0 cm³/mol. The minimum absolute atomic E-state index is 0.172. The number of hydrogen-bond acceptors (Lipinski definition) is 4. The number of aliphatic hydroxyl groups excluding tert-OH is 1. The molecule has 5 nitrogen and oxygen atoms in total. The first-order valence-corrected chi connectivity index (χ1v) is 3.05. The smallest absolute Gasteiger partial charge is 0.504 e. The van der Waals surface area contributed by atoms with Crippen molar-refractivity contribution in [3.05, 3.63) is 16.4 Å². The Hall–Kier alpha value is -1.57. The number of esters is 1. The summed E-state index contributed by atoms with van der Waals surface area (Å²) in [6.45, 7) is 3.01. The summed E-state index contributed by atoms with van der Waals surface area (Å²) in [6.07, 6.45) is 0. The van der Waals surface area contributed by atoms with E-state index in [0.29, 0.717) is 0 Å². The van der Waals surface area contributed by atoms with E-state index in [9.17, 15) is 4.79 Å². The van der Waals surface area contributed by atoms with E-state index in [1.165, 1.54) is 6.92 Å². The lowest BCUT2D eigenvalue weighted by Crippen LogP contribution is -2.06. The van der Waals surface area contributed by atoms with Gasteiger partial charge >= 0.3 is 11.7 Å². The molecule has 0 aliphatic heterocycles. The monoisotopic (exact) mass is 157 g/mol. The summed E-state index contributed by atoms with van der Waals surface area (Å²) in [7, 11) is 0. The molecule has 0 aromatic carbocycles. The van der Waals surface area contributed by atoms with Gasteiger partial charge in [0.1, 0.15) is 0 Å². The van der Waals surface area contributed by atoms with Crippen LogP contribution in [-0.4, -0.2) is 17.7 Å². The van der Waals surface area contributed by atoms with Crippen molar-refractivity contribution in [3.63, 3.8) is 0 Å². The quantitative estimate of drug-likeness (QED) is 0.283. The molecule has 0 aliphatic carbocycles. The van der Waals surface area contributed by atoms with E-state index in [4.69, 9.17) is 10.5 Å². The predicted octanol–water partition coefficient (Wildman–Crippen LogP) is 1.19. The molecule has 0 amide bonds. The van der Waals surface area contributed by atoms with Crippen molar-refractivity contribution >= 4 is 5.97 Å². The van der Waals surface area contributed by atoms with Crippen LogP contribution in [0.15, 0.2) is 11.5 Å². The zero-order valence-electron chi connectivity index (χ0n) is 6.37. The molecular weight excluding hydrogens is 148 g/mol. The van der Waals surface area contributed by atoms with Crippen LogP contribution in [0.4, 0.5) is 0 Å². The van der Waals surface area contributed by atoms with Gasteiger partial charge in [-0.2, -0.15) is 0 Å². The van der Waals surface area contributed by atoms with Crippen LogP contribution in [0.2, 0.25) is 0 Å². The number of ether oxygens (including phenoxy) is 1. The van der Waals surface area contributed by atoms with Crippen molar-refractivity contribution in [3.8, 4) is 0 Å². The standard InChI is InChI=1S/C6H8N2O3/c1-3-11-6(10)5(8-7)4(2)9/h3H2,1-2H3/p+1. The molecule has 0 bridgehead atoms. The number of aliphatic hydroxyl groups is 1. The Balaban J connectivity index is 4.45. The number of carbonyl (C=O) groups excluding carboxylic acids is 1. The SMILES string of the molecule is CCOC(=O)/C([N+]#N)=C(/C)O. The van der Waals surface area contributed by atoms with Crippen LogP contribution in [0, 0.1) is 5.39 Å². The molecule has 0 saturated carbocycles. The van der Waals surface area contributed by atoms with Crippen LogP contribution < -0.4 is 0 Å². The molecule has 0 spiro atoms. The van der Waals surface area contributed by atoms with Crippen LogP contribution in [0.5, 0.6) is 0 Å². The van der Waals surface area contributed by atoms with E-state index in [0.717, 1.165) is 0 Å². The van der Waals surface area contributed by atoms with Gasteiger partial charge in [-0.3, -0.25) is 0 Å². The van der Waals surface area contributed by atoms with E-state index in [1.54, 1.807) is 6.92 Å². The highest BCUT2D eigenvalue weighted by atomic mass is 16.5. The van der Waals surface area contributed by atoms with Crippen molar-refractivity contribution in [2.75, 3.05) is 6.61 Å². The van der Waals surface area contributed by atoms with E-state index in [2.05, 4.69) is 9.71 Å². The Morgan fingerprint density at radius 2 is 2.27 bits per heavy atom. The fourth-order valence-corrected chi connectivity index (χ4v) is 0.460. The minimum atomic E-state index is -0.838. The van der Waals surface area contributed by atoms with Gasteiger partial charge in [0, 0.05) is 6.92 Å². The normalized spacial score (nSPS) is 11.4. The molecule has 0 aromatic rings. The summed E-state index contributed by atoms with van der Waals surface area (Å²) in [5.74, 6) is -1.21.